The van der Waals surface area contributed by atoms with E-state index in [1.54, 1.807) is 12.1 Å². The molecule has 0 aromatic heterocycles. The van der Waals surface area contributed by atoms with Crippen LogP contribution >= 0.6 is 0 Å². The molecule has 1 N–H and O–H groups in total. The largest absolute Gasteiger partial charge is 0.295 e. The zero-order valence-corrected chi connectivity index (χ0v) is 12.5. The van der Waals surface area contributed by atoms with E-state index in [1.165, 1.54) is 19.1 Å². The summed E-state index contributed by atoms with van der Waals surface area (Å²) in [6.45, 7) is 5.93. The van der Waals surface area contributed by atoms with Crippen LogP contribution in [0.1, 0.15) is 44.0 Å². The fraction of sp³-hybridized carbons (Fsp3) is 0.500. The summed E-state index contributed by atoms with van der Waals surface area (Å²) in [6, 6.07) is 6.11. The Hall–Kier alpha value is -1.20. The zero-order chi connectivity index (χ0) is 14.5. The van der Waals surface area contributed by atoms with E-state index in [-0.39, 0.29) is 10.7 Å². The Morgan fingerprint density at radius 2 is 1.89 bits per heavy atom. The topological polar surface area (TPSA) is 63.2 Å². The third kappa shape index (κ3) is 4.44. The van der Waals surface area contributed by atoms with Crippen LogP contribution < -0.4 is 4.72 Å². The fourth-order valence-electron chi connectivity index (χ4n) is 1.77. The smallest absolute Gasteiger partial charge is 0.240 e. The third-order valence-corrected chi connectivity index (χ3v) is 4.69. The highest BCUT2D eigenvalue weighted by Crippen LogP contribution is 2.13. The van der Waals surface area contributed by atoms with Crippen molar-refractivity contribution < 1.29 is 13.2 Å². The number of ketones is 1. The van der Waals surface area contributed by atoms with Crippen molar-refractivity contribution in [3.63, 3.8) is 0 Å². The number of hydrogen-bond acceptors (Lipinski definition) is 3. The van der Waals surface area contributed by atoms with Gasteiger partial charge >= 0.3 is 0 Å². The van der Waals surface area contributed by atoms with Crippen LogP contribution in [0.25, 0.3) is 0 Å². The van der Waals surface area contributed by atoms with Crippen LogP contribution in [0.5, 0.6) is 0 Å². The van der Waals surface area contributed by atoms with Crippen LogP contribution in [-0.4, -0.2) is 20.7 Å². The monoisotopic (exact) mass is 283 g/mol. The summed E-state index contributed by atoms with van der Waals surface area (Å²) in [6.07, 6.45) is 1.87. The molecule has 1 aromatic carbocycles. The van der Waals surface area contributed by atoms with Crippen molar-refractivity contribution in [1.29, 1.82) is 0 Å². The molecule has 0 heterocycles. The fourth-order valence-corrected chi connectivity index (χ4v) is 2.93. The molecular weight excluding hydrogens is 262 g/mol. The molecule has 106 valence electrons. The van der Waals surface area contributed by atoms with Gasteiger partial charge in [-0.3, -0.25) is 4.79 Å². The molecule has 0 fully saturated rings. The summed E-state index contributed by atoms with van der Waals surface area (Å²) in [7, 11) is -3.53. The van der Waals surface area contributed by atoms with E-state index >= 15 is 0 Å². The highest BCUT2D eigenvalue weighted by molar-refractivity contribution is 7.89. The van der Waals surface area contributed by atoms with E-state index in [4.69, 9.17) is 0 Å². The van der Waals surface area contributed by atoms with Gasteiger partial charge in [0.1, 0.15) is 0 Å². The van der Waals surface area contributed by atoms with Gasteiger partial charge in [-0.2, -0.15) is 0 Å². The molecule has 0 radical (unpaired) electrons. The van der Waals surface area contributed by atoms with E-state index in [9.17, 15) is 13.2 Å². The summed E-state index contributed by atoms with van der Waals surface area (Å²) in [5.74, 6) is 0.197. The Kier molecular flexibility index (Phi) is 5.69. The lowest BCUT2D eigenvalue weighted by molar-refractivity contribution is 0.101. The zero-order valence-electron chi connectivity index (χ0n) is 11.6. The molecule has 0 aliphatic rings. The van der Waals surface area contributed by atoms with Crippen LogP contribution in [0.3, 0.4) is 0 Å². The highest BCUT2D eigenvalue weighted by Gasteiger charge is 2.16. The molecule has 5 heteroatoms. The van der Waals surface area contributed by atoms with E-state index in [1.807, 2.05) is 13.8 Å². The number of nitrogens with one attached hydrogen (secondary N) is 1. The van der Waals surface area contributed by atoms with Crippen molar-refractivity contribution in [1.82, 2.24) is 4.72 Å². The van der Waals surface area contributed by atoms with E-state index in [0.29, 0.717) is 18.0 Å². The number of rotatable bonds is 7. The lowest BCUT2D eigenvalue weighted by atomic mass is 10.0. The van der Waals surface area contributed by atoms with Crippen molar-refractivity contribution in [3.8, 4) is 0 Å². The number of hydrogen-bond donors (Lipinski definition) is 1. The number of carbonyl (C=O) groups excluding carboxylic acids is 1. The second-order valence-electron chi connectivity index (χ2n) is 4.62. The van der Waals surface area contributed by atoms with Crippen LogP contribution in [0.4, 0.5) is 0 Å². The van der Waals surface area contributed by atoms with Gasteiger partial charge in [-0.05, 0) is 25.0 Å². The normalized spacial score (nSPS) is 11.8. The van der Waals surface area contributed by atoms with Crippen LogP contribution in [0, 0.1) is 5.92 Å². The first-order valence-electron chi connectivity index (χ1n) is 6.51. The Morgan fingerprint density at radius 3 is 2.42 bits per heavy atom. The second kappa shape index (κ2) is 6.82. The SMILES string of the molecule is CCC(CC)CNS(=O)(=O)c1cccc(C(C)=O)c1. The van der Waals surface area contributed by atoms with E-state index < -0.39 is 10.0 Å². The summed E-state index contributed by atoms with van der Waals surface area (Å²) in [5.41, 5.74) is 0.408. The van der Waals surface area contributed by atoms with Crippen molar-refractivity contribution >= 4 is 15.8 Å². The standard InChI is InChI=1S/C14H21NO3S/c1-4-12(5-2)10-15-19(17,18)14-8-6-7-13(9-14)11(3)16/h6-9,12,15H,4-5,10H2,1-3H3. The maximum Gasteiger partial charge on any atom is 0.240 e. The average Bonchev–Trinajstić information content (AvgIpc) is 2.40. The first kappa shape index (κ1) is 15.9. The minimum Gasteiger partial charge on any atom is -0.295 e. The van der Waals surface area contributed by atoms with Crippen molar-refractivity contribution in [2.45, 2.75) is 38.5 Å². The van der Waals surface area contributed by atoms with Crippen molar-refractivity contribution in [3.05, 3.63) is 29.8 Å². The van der Waals surface area contributed by atoms with E-state index in [0.717, 1.165) is 12.8 Å². The minimum atomic E-state index is -3.53. The van der Waals surface area contributed by atoms with Gasteiger partial charge in [0.15, 0.2) is 5.78 Å². The van der Waals surface area contributed by atoms with Gasteiger partial charge in [0.05, 0.1) is 4.90 Å². The molecule has 0 unspecified atom stereocenters. The molecule has 0 spiro atoms. The molecule has 0 amide bonds. The van der Waals surface area contributed by atoms with Crippen molar-refractivity contribution in [2.75, 3.05) is 6.54 Å². The van der Waals surface area contributed by atoms with Crippen LogP contribution in [-0.2, 0) is 10.0 Å². The van der Waals surface area contributed by atoms with Gasteiger partial charge in [0.2, 0.25) is 10.0 Å². The molecule has 0 atom stereocenters. The molecule has 0 saturated heterocycles. The van der Waals surface area contributed by atoms with Gasteiger partial charge in [0.25, 0.3) is 0 Å². The molecule has 0 aliphatic heterocycles. The Morgan fingerprint density at radius 1 is 1.26 bits per heavy atom. The van der Waals surface area contributed by atoms with Crippen LogP contribution in [0.2, 0.25) is 0 Å². The lowest BCUT2D eigenvalue weighted by Gasteiger charge is -2.13. The molecule has 0 saturated carbocycles. The first-order valence-corrected chi connectivity index (χ1v) is 7.99. The minimum absolute atomic E-state index is 0.142. The average molecular weight is 283 g/mol. The van der Waals surface area contributed by atoms with Gasteiger partial charge < -0.3 is 0 Å². The molecule has 4 nitrogen and oxygen atoms in total. The molecule has 0 aliphatic carbocycles. The molecule has 19 heavy (non-hydrogen) atoms. The second-order valence-corrected chi connectivity index (χ2v) is 6.39. The lowest BCUT2D eigenvalue weighted by Crippen LogP contribution is -2.29. The Balaban J connectivity index is 2.88. The quantitative estimate of drug-likeness (QED) is 0.782. The predicted molar refractivity (Wildman–Crippen MR) is 75.7 cm³/mol. The summed E-state index contributed by atoms with van der Waals surface area (Å²) >= 11 is 0. The van der Waals surface area contributed by atoms with Gasteiger partial charge in [-0.25, -0.2) is 13.1 Å². The van der Waals surface area contributed by atoms with Gasteiger partial charge in [0, 0.05) is 12.1 Å². The highest BCUT2D eigenvalue weighted by atomic mass is 32.2. The van der Waals surface area contributed by atoms with Gasteiger partial charge in [-0.15, -0.1) is 0 Å². The van der Waals surface area contributed by atoms with Crippen LogP contribution in [0.15, 0.2) is 29.2 Å². The summed E-state index contributed by atoms with van der Waals surface area (Å²) in [5, 5.41) is 0. The number of carbonyl (C=O) groups is 1. The summed E-state index contributed by atoms with van der Waals surface area (Å²) in [4.78, 5) is 11.4. The first-order chi connectivity index (χ1) is 8.90. The Bertz CT molecular complexity index is 533. The number of benzene rings is 1. The molecule has 0 bridgehead atoms. The molecule has 1 rings (SSSR count). The third-order valence-electron chi connectivity index (χ3n) is 3.27. The molecule has 1 aromatic rings. The number of Topliss-reactive ketones (excluding diaryl/α,β-unsaturated/α-hetero) is 1. The van der Waals surface area contributed by atoms with Crippen molar-refractivity contribution in [2.24, 2.45) is 5.92 Å². The maximum absolute atomic E-state index is 12.1. The van der Waals surface area contributed by atoms with E-state index in [2.05, 4.69) is 4.72 Å². The molecular formula is C14H21NO3S. The maximum atomic E-state index is 12.1. The van der Waals surface area contributed by atoms with Gasteiger partial charge in [-0.1, -0.05) is 38.8 Å². The predicted octanol–water partition coefficient (Wildman–Crippen LogP) is 2.60. The Labute approximate surface area is 115 Å². The number of sulfonamides is 1. The summed E-state index contributed by atoms with van der Waals surface area (Å²) < 4.78 is 26.8.